The van der Waals surface area contributed by atoms with Gasteiger partial charge in [-0.2, -0.15) is 0 Å². The van der Waals surface area contributed by atoms with Crippen molar-refractivity contribution < 1.29 is 156 Å². The Bertz CT molecular complexity index is 2650. The summed E-state index contributed by atoms with van der Waals surface area (Å²) in [5, 5.41) is 125. The lowest BCUT2D eigenvalue weighted by Crippen LogP contribution is -2.72. The molecular weight excluding hydrogens is 1260 g/mol. The molecule has 27 atom stereocenters. The number of phosphoric acid groups is 1. The Hall–Kier alpha value is -4.85. The number of rotatable bonds is 30. The van der Waals surface area contributed by atoms with E-state index in [-0.39, 0.29) is 6.61 Å². The number of aliphatic hydroxyl groups is 10. The molecule has 0 bridgehead atoms. The Morgan fingerprint density at radius 3 is 1.72 bits per heavy atom. The number of nitrogens with two attached hydrogens (primary N) is 3. The van der Waals surface area contributed by atoms with Crippen LogP contribution in [-0.4, -0.2) is 282 Å². The molecule has 0 aromatic rings. The summed E-state index contributed by atoms with van der Waals surface area (Å²) >= 11 is 0. The molecule has 5 heterocycles. The number of amides is 5. The molecule has 5 amide bonds. The van der Waals surface area contributed by atoms with Gasteiger partial charge in [0.2, 0.25) is 23.6 Å². The van der Waals surface area contributed by atoms with E-state index in [0.717, 1.165) is 39.2 Å². The second kappa shape index (κ2) is 34.2. The molecule has 0 spiro atoms. The van der Waals surface area contributed by atoms with E-state index in [1.807, 2.05) is 20.8 Å². The summed E-state index contributed by atoms with van der Waals surface area (Å²) in [4.78, 5) is 87.2. The van der Waals surface area contributed by atoms with Gasteiger partial charge in [-0.05, 0) is 67.2 Å². The summed E-state index contributed by atoms with van der Waals surface area (Å²) in [5.41, 5.74) is 16.6. The van der Waals surface area contributed by atoms with Crippen molar-refractivity contribution in [2.45, 2.75) is 240 Å². The number of carbonyl (C=O) groups excluding carboxylic acids is 5. The van der Waals surface area contributed by atoms with Gasteiger partial charge in [-0.1, -0.05) is 34.9 Å². The molecule has 0 saturated carbocycles. The first-order valence-corrected chi connectivity index (χ1v) is 30.6. The summed E-state index contributed by atoms with van der Waals surface area (Å²) < 4.78 is 87.8. The average Bonchev–Trinajstić information content (AvgIpc) is 0.755. The molecule has 38 heteroatoms. The molecule has 92 heavy (non-hydrogen) atoms. The van der Waals surface area contributed by atoms with Crippen LogP contribution in [0, 0.1) is 0 Å². The molecule has 5 aliphatic heterocycles. The second-order valence-corrected chi connectivity index (χ2v) is 24.6. The number of aliphatic hydroxyl groups excluding tert-OH is 9. The predicted octanol–water partition coefficient (Wildman–Crippen LogP) is -6.10. The maximum atomic E-state index is 13.9. The number of primary amides is 3. The fourth-order valence-electron chi connectivity index (χ4n) is 10.5. The van der Waals surface area contributed by atoms with Gasteiger partial charge in [0, 0.05) is 13.8 Å². The number of carboxylic acid groups (broad SMARTS) is 1. The monoisotopic (exact) mass is 1350 g/mol. The molecule has 20 N–H and O–H groups in total. The SMILES string of the molecule is CC(=O)N[C@H]1[C@H](O[C@H]2[C@H](O)[C@@H](NC(C)=O)[C@H](O[C@H]3[C@@H](OP(=O)(O)OC[C@@H](OC/C=C(/C)CC/C=C(\C)CCC=C(C)C)C(=O)O)O[C@H](C(N)=O)[C@@](C)(O)[C@@H]3OC(N)=O)O[C@@H]2COC2O[C@H](CO)[C@@H](O)[C@H](O)[C@H]2O)O[C@H](C)[C@@H](O[C@@H]2O[C@H](C(N)=O)[C@H](O)[C@H](O)[C@H]2O)[C@@H]1O. The molecule has 5 saturated heterocycles. The number of ether oxygens (including phenoxy) is 11. The second-order valence-electron chi connectivity index (χ2n) is 23.2. The lowest BCUT2D eigenvalue weighted by Gasteiger charge is -2.52. The fraction of sp³-hybridized carbons (Fsp3) is 0.778. The van der Waals surface area contributed by atoms with Crippen LogP contribution in [0.4, 0.5) is 4.79 Å². The topological polar surface area (TPSA) is 584 Å². The average molecular weight is 1350 g/mol. The van der Waals surface area contributed by atoms with E-state index in [0.29, 0.717) is 12.8 Å². The molecule has 5 rings (SSSR count). The van der Waals surface area contributed by atoms with E-state index in [4.69, 9.17) is 78.4 Å². The Balaban J connectivity index is 1.50. The largest absolute Gasteiger partial charge is 0.479 e. The van der Waals surface area contributed by atoms with Gasteiger partial charge in [0.25, 0.3) is 0 Å². The molecule has 526 valence electrons. The molecule has 0 aromatic carbocycles. The van der Waals surface area contributed by atoms with Gasteiger partial charge in [0.1, 0.15) is 90.9 Å². The van der Waals surface area contributed by atoms with Crippen molar-refractivity contribution in [3.8, 4) is 0 Å². The Morgan fingerprint density at radius 1 is 0.630 bits per heavy atom. The highest BCUT2D eigenvalue weighted by molar-refractivity contribution is 7.47. The van der Waals surface area contributed by atoms with Gasteiger partial charge >= 0.3 is 19.9 Å². The smallest absolute Gasteiger partial charge is 0.474 e. The minimum absolute atomic E-state index is 0.318. The summed E-state index contributed by atoms with van der Waals surface area (Å²) in [6.45, 7) is 8.20. The third-order valence-electron chi connectivity index (χ3n) is 15.4. The number of allylic oxidation sites excluding steroid dienone is 5. The number of nitrogens with one attached hydrogen (secondary N) is 2. The quantitative estimate of drug-likeness (QED) is 0.0235. The zero-order valence-corrected chi connectivity index (χ0v) is 52.4. The van der Waals surface area contributed by atoms with Crippen LogP contribution in [0.15, 0.2) is 34.9 Å². The third-order valence-corrected chi connectivity index (χ3v) is 16.4. The summed E-state index contributed by atoms with van der Waals surface area (Å²) in [6.07, 6.45) is -40.6. The number of phosphoric ester groups is 1. The maximum Gasteiger partial charge on any atom is 0.474 e. The van der Waals surface area contributed by atoms with E-state index >= 15 is 0 Å². The van der Waals surface area contributed by atoms with Crippen molar-refractivity contribution in [3.63, 3.8) is 0 Å². The number of hydrogen-bond acceptors (Lipinski definition) is 30. The van der Waals surface area contributed by atoms with Crippen molar-refractivity contribution in [3.05, 3.63) is 34.9 Å². The van der Waals surface area contributed by atoms with Crippen molar-refractivity contribution in [2.75, 3.05) is 26.4 Å². The maximum absolute atomic E-state index is 13.9. The molecule has 0 radical (unpaired) electrons. The standard InChI is InChI=1S/C54H88N5O32P/c1-20(2)11-9-12-21(3)13-10-14-22(4)15-16-79-28(47(73)74)19-81-92(77,78)91-52-42(43(90-53(57)75)54(8,76)44(89-52)46(56)72)88-49-30(59-25(7)62)33(65)40(27(84-49)18-80-50-37(69)34(66)31(63)26(17-60)83-50)86-48-29(58-24(6)61)32(64)39(23(5)82-48)85-51-38(70)35(67)36(68)41(87-51)45(55)71/h11,13,15,23,26-44,48-52,60,63-70,76H,9-10,12,14,16-19H2,1-8H3,(H2,55,71)(H2,56,72)(H2,57,75)(H,58,61)(H,59,62)(H,73,74)(H,77,78)/b21-13+,22-15-/t23-,26-,27-,28-,29-,30-,31-,32-,33-,34+,35+,36-,37-,38-,39-,40-,41+,42-,43-,44-,48+,49+,50?,51-,52-,54+/m1/s1. The van der Waals surface area contributed by atoms with Crippen LogP contribution >= 0.6 is 7.82 Å². The van der Waals surface area contributed by atoms with Crippen LogP contribution in [0.25, 0.3) is 0 Å². The lowest BCUT2D eigenvalue weighted by atomic mass is 9.85. The normalized spacial score (nSPS) is 38.9. The van der Waals surface area contributed by atoms with Crippen molar-refractivity contribution in [1.29, 1.82) is 0 Å². The molecule has 37 nitrogen and oxygen atoms in total. The van der Waals surface area contributed by atoms with Crippen LogP contribution in [0.3, 0.4) is 0 Å². The highest BCUT2D eigenvalue weighted by Gasteiger charge is 2.62. The zero-order valence-electron chi connectivity index (χ0n) is 51.5. The van der Waals surface area contributed by atoms with Crippen molar-refractivity contribution in [1.82, 2.24) is 10.6 Å². The minimum Gasteiger partial charge on any atom is -0.479 e. The van der Waals surface area contributed by atoms with Crippen LogP contribution in [0.5, 0.6) is 0 Å². The van der Waals surface area contributed by atoms with Crippen LogP contribution in [0.1, 0.15) is 81.1 Å². The summed E-state index contributed by atoms with van der Waals surface area (Å²) in [5.74, 6) is -6.39. The molecule has 2 unspecified atom stereocenters. The molecular formula is C54H88N5O32P. The minimum atomic E-state index is -5.80. The van der Waals surface area contributed by atoms with Gasteiger partial charge in [-0.15, -0.1) is 0 Å². The Morgan fingerprint density at radius 2 is 1.16 bits per heavy atom. The molecule has 5 fully saturated rings. The highest BCUT2D eigenvalue weighted by atomic mass is 31.2. The molecule has 0 aromatic heterocycles. The zero-order chi connectivity index (χ0) is 69.0. The van der Waals surface area contributed by atoms with Gasteiger partial charge in [-0.25, -0.2) is 14.2 Å². The van der Waals surface area contributed by atoms with E-state index < -0.39 is 222 Å². The van der Waals surface area contributed by atoms with Crippen molar-refractivity contribution >= 4 is 43.5 Å². The first-order valence-electron chi connectivity index (χ1n) is 29.1. The van der Waals surface area contributed by atoms with E-state index in [1.165, 1.54) is 18.1 Å². The van der Waals surface area contributed by atoms with Crippen LogP contribution < -0.4 is 27.8 Å². The fourth-order valence-corrected chi connectivity index (χ4v) is 11.3. The highest BCUT2D eigenvalue weighted by Crippen LogP contribution is 2.49. The van der Waals surface area contributed by atoms with Gasteiger partial charge in [-0.3, -0.25) is 28.2 Å². The molecule has 0 aliphatic carbocycles. The predicted molar refractivity (Wildman–Crippen MR) is 303 cm³/mol. The number of hydrogen-bond donors (Lipinski definition) is 17. The Labute approximate surface area is 527 Å². The van der Waals surface area contributed by atoms with Crippen LogP contribution in [-0.2, 0) is 89.7 Å². The van der Waals surface area contributed by atoms with Gasteiger partial charge < -0.3 is 141 Å². The number of aliphatic carboxylic acids is 1. The number of carboxylic acids is 1. The van der Waals surface area contributed by atoms with E-state index in [2.05, 4.69) is 22.8 Å². The summed E-state index contributed by atoms with van der Waals surface area (Å²) in [7, 11) is -5.80. The molecule has 5 aliphatic rings. The van der Waals surface area contributed by atoms with E-state index in [1.54, 1.807) is 13.0 Å². The Kier molecular flexibility index (Phi) is 28.9. The summed E-state index contributed by atoms with van der Waals surface area (Å²) in [6, 6.07) is -3.89. The van der Waals surface area contributed by atoms with Crippen molar-refractivity contribution in [2.24, 2.45) is 17.2 Å². The number of carbonyl (C=O) groups is 6. The van der Waals surface area contributed by atoms with Gasteiger partial charge in [0.15, 0.2) is 62.0 Å². The first-order chi connectivity index (χ1) is 42.9. The third kappa shape index (κ3) is 20.6. The first kappa shape index (κ1) is 77.9. The van der Waals surface area contributed by atoms with Crippen LogP contribution in [0.2, 0.25) is 0 Å². The van der Waals surface area contributed by atoms with Gasteiger partial charge in [0.05, 0.1) is 32.5 Å². The van der Waals surface area contributed by atoms with E-state index in [9.17, 15) is 94.4 Å². The lowest BCUT2D eigenvalue weighted by molar-refractivity contribution is -0.375.